The number of rotatable bonds is 2. The van der Waals surface area contributed by atoms with Crippen molar-refractivity contribution in [2.45, 2.75) is 13.1 Å². The van der Waals surface area contributed by atoms with E-state index in [-0.39, 0.29) is 16.1 Å². The fourth-order valence-corrected chi connectivity index (χ4v) is 1.57. The topological polar surface area (TPSA) is 17.1 Å². The maximum atomic E-state index is 12.5. The molecule has 1 aromatic carbocycles. The summed E-state index contributed by atoms with van der Waals surface area (Å²) in [6, 6.07) is 1.62. The number of alkyl halides is 4. The van der Waals surface area contributed by atoms with E-state index in [0.29, 0.717) is 0 Å². The third kappa shape index (κ3) is 2.68. The number of benzene rings is 1. The molecule has 0 aliphatic heterocycles. The molecule has 0 unspecified atom stereocenters. The van der Waals surface area contributed by atoms with Crippen LogP contribution in [0.5, 0.6) is 0 Å². The van der Waals surface area contributed by atoms with E-state index >= 15 is 0 Å². The summed E-state index contributed by atoms with van der Waals surface area (Å²) in [5.74, 6) is -1.03. The molecule has 1 rings (SSSR count). The Morgan fingerprint density at radius 2 is 1.94 bits per heavy atom. The number of ketones is 1. The van der Waals surface area contributed by atoms with E-state index in [1.807, 2.05) is 0 Å². The Morgan fingerprint density at radius 3 is 2.38 bits per heavy atom. The van der Waals surface area contributed by atoms with E-state index in [2.05, 4.69) is 0 Å². The van der Waals surface area contributed by atoms with Crippen molar-refractivity contribution >= 4 is 29.0 Å². The molecule has 0 heterocycles. The smallest absolute Gasteiger partial charge is 0.293 e. The highest BCUT2D eigenvalue weighted by Gasteiger charge is 2.32. The zero-order chi connectivity index (χ0) is 12.5. The minimum absolute atomic E-state index is 0.0126. The third-order valence-electron chi connectivity index (χ3n) is 2.00. The Labute approximate surface area is 100 Å². The van der Waals surface area contributed by atoms with Gasteiger partial charge in [0.15, 0.2) is 5.78 Å². The Morgan fingerprint density at radius 1 is 1.38 bits per heavy atom. The monoisotopic (exact) mass is 270 g/mol. The van der Waals surface area contributed by atoms with Crippen molar-refractivity contribution < 1.29 is 18.0 Å². The van der Waals surface area contributed by atoms with Crippen molar-refractivity contribution in [3.8, 4) is 0 Å². The quantitative estimate of drug-likeness (QED) is 0.585. The predicted octanol–water partition coefficient (Wildman–Crippen LogP) is 4.09. The lowest BCUT2D eigenvalue weighted by atomic mass is 10.0. The lowest BCUT2D eigenvalue weighted by Gasteiger charge is -2.11. The van der Waals surface area contributed by atoms with Crippen LogP contribution in [0.3, 0.4) is 0 Å². The SMILES string of the molecule is Cc1cc(C(F)(F)F)cc(C(=O)CCl)c1Cl. The first kappa shape index (κ1) is 13.3. The first-order chi connectivity index (χ1) is 7.27. The molecule has 0 fully saturated rings. The van der Waals surface area contributed by atoms with E-state index in [1.54, 1.807) is 0 Å². The molecular weight excluding hydrogens is 264 g/mol. The van der Waals surface area contributed by atoms with Crippen LogP contribution < -0.4 is 0 Å². The average molecular weight is 271 g/mol. The lowest BCUT2D eigenvalue weighted by Crippen LogP contribution is -2.10. The zero-order valence-corrected chi connectivity index (χ0v) is 9.67. The van der Waals surface area contributed by atoms with Crippen LogP contribution in [0.4, 0.5) is 13.2 Å². The summed E-state index contributed by atoms with van der Waals surface area (Å²) >= 11 is 11.0. The Hall–Kier alpha value is -0.740. The summed E-state index contributed by atoms with van der Waals surface area (Å²) in [5.41, 5.74) is -0.892. The summed E-state index contributed by atoms with van der Waals surface area (Å²) in [4.78, 5) is 11.3. The van der Waals surface area contributed by atoms with E-state index < -0.39 is 23.4 Å². The fourth-order valence-electron chi connectivity index (χ4n) is 1.21. The Balaban J connectivity index is 3.39. The van der Waals surface area contributed by atoms with Gasteiger partial charge in [-0.3, -0.25) is 4.79 Å². The molecule has 0 atom stereocenters. The summed E-state index contributed by atoms with van der Waals surface area (Å²) < 4.78 is 37.4. The highest BCUT2D eigenvalue weighted by atomic mass is 35.5. The van der Waals surface area contributed by atoms with Gasteiger partial charge in [0.2, 0.25) is 0 Å². The predicted molar refractivity (Wildman–Crippen MR) is 56.2 cm³/mol. The molecule has 0 N–H and O–H groups in total. The van der Waals surface area contributed by atoms with E-state index in [0.717, 1.165) is 12.1 Å². The van der Waals surface area contributed by atoms with Crippen LogP contribution >= 0.6 is 23.2 Å². The van der Waals surface area contributed by atoms with Crippen LogP contribution in [-0.4, -0.2) is 11.7 Å². The summed E-state index contributed by atoms with van der Waals surface area (Å²) in [6.07, 6.45) is -4.50. The van der Waals surface area contributed by atoms with Crippen LogP contribution in [0.2, 0.25) is 5.02 Å². The molecule has 1 nitrogen and oxygen atoms in total. The third-order valence-corrected chi connectivity index (χ3v) is 2.75. The highest BCUT2D eigenvalue weighted by Crippen LogP contribution is 2.33. The number of hydrogen-bond acceptors (Lipinski definition) is 1. The summed E-state index contributed by atoms with van der Waals surface area (Å²) in [7, 11) is 0. The number of carbonyl (C=O) groups excluding carboxylic acids is 1. The second-order valence-electron chi connectivity index (χ2n) is 3.21. The number of carbonyl (C=O) groups is 1. The summed E-state index contributed by atoms with van der Waals surface area (Å²) in [5, 5.41) is 0.0126. The highest BCUT2D eigenvalue weighted by molar-refractivity contribution is 6.37. The second-order valence-corrected chi connectivity index (χ2v) is 3.85. The molecule has 0 aliphatic rings. The van der Waals surface area contributed by atoms with Gasteiger partial charge in [-0.15, -0.1) is 11.6 Å². The average Bonchev–Trinajstić information content (AvgIpc) is 2.19. The number of halogens is 5. The minimum atomic E-state index is -4.50. The van der Waals surface area contributed by atoms with Gasteiger partial charge in [0, 0.05) is 5.56 Å². The van der Waals surface area contributed by atoms with Gasteiger partial charge in [0.05, 0.1) is 16.5 Å². The minimum Gasteiger partial charge on any atom is -0.293 e. The fraction of sp³-hybridized carbons (Fsp3) is 0.300. The molecule has 0 saturated heterocycles. The van der Waals surface area contributed by atoms with Crippen molar-refractivity contribution in [1.29, 1.82) is 0 Å². The largest absolute Gasteiger partial charge is 0.416 e. The van der Waals surface area contributed by atoms with Crippen LogP contribution in [0.25, 0.3) is 0 Å². The lowest BCUT2D eigenvalue weighted by molar-refractivity contribution is -0.137. The van der Waals surface area contributed by atoms with Crippen LogP contribution in [0.1, 0.15) is 21.5 Å². The number of aryl methyl sites for hydroxylation is 1. The van der Waals surface area contributed by atoms with Crippen molar-refractivity contribution in [2.24, 2.45) is 0 Å². The van der Waals surface area contributed by atoms with Gasteiger partial charge < -0.3 is 0 Å². The molecule has 0 amide bonds. The maximum Gasteiger partial charge on any atom is 0.416 e. The van der Waals surface area contributed by atoms with Gasteiger partial charge >= 0.3 is 6.18 Å². The Kier molecular flexibility index (Phi) is 3.86. The molecule has 0 spiro atoms. The van der Waals surface area contributed by atoms with Crippen LogP contribution in [-0.2, 0) is 6.18 Å². The molecule has 88 valence electrons. The normalized spacial score (nSPS) is 11.6. The van der Waals surface area contributed by atoms with Crippen molar-refractivity contribution in [1.82, 2.24) is 0 Å². The molecule has 0 saturated carbocycles. The van der Waals surface area contributed by atoms with Gasteiger partial charge in [0.25, 0.3) is 0 Å². The first-order valence-electron chi connectivity index (χ1n) is 4.24. The molecule has 0 aliphatic carbocycles. The number of Topliss-reactive ketones (excluding diaryl/α,β-unsaturated/α-hetero) is 1. The standard InChI is InChI=1S/C10H7Cl2F3O/c1-5-2-6(10(13,14)15)3-7(9(5)12)8(16)4-11/h2-3H,4H2,1H3. The van der Waals surface area contributed by atoms with Crippen molar-refractivity contribution in [3.05, 3.63) is 33.8 Å². The van der Waals surface area contributed by atoms with E-state index in [1.165, 1.54) is 6.92 Å². The second kappa shape index (κ2) is 4.63. The molecular formula is C10H7Cl2F3O. The molecule has 0 aromatic heterocycles. The van der Waals surface area contributed by atoms with Gasteiger partial charge in [-0.2, -0.15) is 13.2 Å². The molecule has 0 radical (unpaired) electrons. The molecule has 16 heavy (non-hydrogen) atoms. The van der Waals surface area contributed by atoms with Gasteiger partial charge in [-0.05, 0) is 24.6 Å². The van der Waals surface area contributed by atoms with Crippen molar-refractivity contribution in [2.75, 3.05) is 5.88 Å². The number of hydrogen-bond donors (Lipinski definition) is 0. The first-order valence-corrected chi connectivity index (χ1v) is 5.15. The van der Waals surface area contributed by atoms with E-state index in [9.17, 15) is 18.0 Å². The molecule has 1 aromatic rings. The van der Waals surface area contributed by atoms with Crippen LogP contribution in [0, 0.1) is 6.92 Å². The van der Waals surface area contributed by atoms with Gasteiger partial charge in [-0.25, -0.2) is 0 Å². The van der Waals surface area contributed by atoms with Crippen LogP contribution in [0.15, 0.2) is 12.1 Å². The Bertz CT molecular complexity index is 427. The van der Waals surface area contributed by atoms with E-state index in [4.69, 9.17) is 23.2 Å². The zero-order valence-electron chi connectivity index (χ0n) is 8.16. The van der Waals surface area contributed by atoms with Gasteiger partial charge in [-0.1, -0.05) is 11.6 Å². The molecule has 0 bridgehead atoms. The summed E-state index contributed by atoms with van der Waals surface area (Å²) in [6.45, 7) is 1.41. The van der Waals surface area contributed by atoms with Crippen molar-refractivity contribution in [3.63, 3.8) is 0 Å². The molecule has 6 heteroatoms. The maximum absolute atomic E-state index is 12.5. The van der Waals surface area contributed by atoms with Gasteiger partial charge in [0.1, 0.15) is 0 Å².